The average molecular weight is 962 g/mol. The highest BCUT2D eigenvalue weighted by Gasteiger charge is 2.39. The van der Waals surface area contributed by atoms with Gasteiger partial charge in [-0.05, 0) is 189 Å². The van der Waals surface area contributed by atoms with Crippen molar-refractivity contribution in [1.29, 1.82) is 0 Å². The maximum Gasteiger partial charge on any atom is 0.274 e. The highest BCUT2D eigenvalue weighted by atomic mass is 16.2. The van der Waals surface area contributed by atoms with Gasteiger partial charge >= 0.3 is 0 Å². The van der Waals surface area contributed by atoms with Crippen molar-refractivity contribution in [2.75, 3.05) is 21.3 Å². The first-order chi connectivity index (χ1) is 34.2. The summed E-state index contributed by atoms with van der Waals surface area (Å²) in [6.07, 6.45) is 10.5. The molecule has 9 nitrogen and oxygen atoms in total. The number of carbonyl (C=O) groups excluding carboxylic acids is 4. The van der Waals surface area contributed by atoms with E-state index in [9.17, 15) is 19.2 Å². The summed E-state index contributed by atoms with van der Waals surface area (Å²) in [6.45, 7) is 22.7. The van der Waals surface area contributed by atoms with Gasteiger partial charge in [-0.1, -0.05) is 114 Å². The number of benzene rings is 5. The van der Waals surface area contributed by atoms with Crippen molar-refractivity contribution < 1.29 is 19.2 Å². The molecule has 10 aliphatic heterocycles. The summed E-state index contributed by atoms with van der Waals surface area (Å²) in [5.41, 5.74) is 16.6. The standard InChI is InChI=1S/C63H71N5O4/c1-36-25-47-26-37(2)53(36)65-57(69)44-33-45(35-46(34-44)61(9,10)11)58(70)66-54-38(3)27-48(28-39(54)4)63(23-16-13-17-24-63)50-31-42(7)56(43(8)32-50)68-60(72)52-20-18-19-51(64-52)59(71)67-55-40(5)29-49(30-41(55)6)62(47)21-14-12-15-22-62/h18-20,25-35H,12-17,21-24H2,1-11H3,(H,65,69)(H,66,70)(H,67,71)(H,68,72). The molecular weight excluding hydrogens is 891 g/mol. The molecule has 0 atom stereocenters. The van der Waals surface area contributed by atoms with Crippen LogP contribution in [0.4, 0.5) is 22.7 Å². The van der Waals surface area contributed by atoms with Gasteiger partial charge in [-0.15, -0.1) is 0 Å². The number of pyridine rings is 1. The Bertz CT molecular complexity index is 2910. The van der Waals surface area contributed by atoms with Crippen LogP contribution in [-0.4, -0.2) is 28.6 Å². The van der Waals surface area contributed by atoms with Crippen LogP contribution in [0.2, 0.25) is 0 Å². The molecular formula is C63H71N5O4. The third-order valence-corrected chi connectivity index (χ3v) is 16.2. The van der Waals surface area contributed by atoms with Crippen LogP contribution in [0.25, 0.3) is 0 Å². The molecule has 6 aromatic rings. The molecule has 2 fully saturated rings. The van der Waals surface area contributed by atoms with E-state index in [1.54, 1.807) is 24.3 Å². The van der Waals surface area contributed by atoms with E-state index in [1.165, 1.54) is 22.3 Å². The van der Waals surface area contributed by atoms with Crippen LogP contribution in [0.5, 0.6) is 0 Å². The molecule has 18 rings (SSSR count). The van der Waals surface area contributed by atoms with E-state index in [-0.39, 0.29) is 51.3 Å². The maximum absolute atomic E-state index is 14.5. The topological polar surface area (TPSA) is 129 Å². The minimum absolute atomic E-state index is 0.153. The summed E-state index contributed by atoms with van der Waals surface area (Å²) in [5.74, 6) is -1.31. The molecule has 5 aromatic carbocycles. The van der Waals surface area contributed by atoms with Gasteiger partial charge in [0.05, 0.1) is 0 Å². The van der Waals surface area contributed by atoms with Crippen LogP contribution in [0.15, 0.2) is 84.9 Å². The first-order valence-electron chi connectivity index (χ1n) is 26.0. The zero-order valence-corrected chi connectivity index (χ0v) is 44.2. The van der Waals surface area contributed by atoms with Gasteiger partial charge in [-0.3, -0.25) is 19.2 Å². The van der Waals surface area contributed by atoms with E-state index in [1.807, 2.05) is 39.8 Å². The molecule has 12 bridgehead atoms. The smallest absolute Gasteiger partial charge is 0.274 e. The molecule has 0 radical (unpaired) electrons. The number of aromatic nitrogens is 1. The van der Waals surface area contributed by atoms with Crippen molar-refractivity contribution >= 4 is 46.4 Å². The van der Waals surface area contributed by atoms with Crippen molar-refractivity contribution in [3.05, 3.63) is 180 Å². The van der Waals surface area contributed by atoms with E-state index < -0.39 is 0 Å². The first-order valence-corrected chi connectivity index (χ1v) is 26.0. The zero-order valence-electron chi connectivity index (χ0n) is 44.2. The Hall–Kier alpha value is -6.87. The minimum atomic E-state index is -0.386. The second-order valence-corrected chi connectivity index (χ2v) is 22.5. The van der Waals surface area contributed by atoms with Gasteiger partial charge in [-0.2, -0.15) is 0 Å². The summed E-state index contributed by atoms with van der Waals surface area (Å²) in [4.78, 5) is 61.7. The van der Waals surface area contributed by atoms with E-state index >= 15 is 0 Å². The second-order valence-electron chi connectivity index (χ2n) is 22.5. The lowest BCUT2D eigenvalue weighted by Gasteiger charge is -2.40. The van der Waals surface area contributed by atoms with Crippen LogP contribution in [0, 0.1) is 55.4 Å². The molecule has 12 aliphatic rings. The second kappa shape index (κ2) is 19.3. The van der Waals surface area contributed by atoms with Gasteiger partial charge in [0.25, 0.3) is 23.6 Å². The molecule has 2 aliphatic carbocycles. The lowest BCUT2D eigenvalue weighted by atomic mass is 9.64. The van der Waals surface area contributed by atoms with Crippen molar-refractivity contribution in [2.45, 2.75) is 157 Å². The van der Waals surface area contributed by atoms with Crippen molar-refractivity contribution in [3.63, 3.8) is 0 Å². The molecule has 9 heteroatoms. The lowest BCUT2D eigenvalue weighted by molar-refractivity contribution is 0.100. The highest BCUT2D eigenvalue weighted by molar-refractivity contribution is 6.10. The van der Waals surface area contributed by atoms with E-state index in [0.717, 1.165) is 137 Å². The Balaban J connectivity index is 1.17. The van der Waals surface area contributed by atoms with E-state index in [0.29, 0.717) is 11.1 Å². The van der Waals surface area contributed by atoms with E-state index in [2.05, 4.69) is 123 Å². The number of rotatable bonds is 0. The number of hydrogen-bond acceptors (Lipinski definition) is 5. The van der Waals surface area contributed by atoms with Crippen LogP contribution in [-0.2, 0) is 16.2 Å². The molecule has 372 valence electrons. The molecule has 2 saturated carbocycles. The summed E-state index contributed by atoms with van der Waals surface area (Å²) in [6, 6.07) is 28.3. The first kappa shape index (κ1) is 50.1. The summed E-state index contributed by atoms with van der Waals surface area (Å²) < 4.78 is 0. The van der Waals surface area contributed by atoms with Crippen molar-refractivity contribution in [2.24, 2.45) is 0 Å². The number of amides is 4. The Labute approximate surface area is 426 Å². The van der Waals surface area contributed by atoms with E-state index in [4.69, 9.17) is 0 Å². The zero-order chi connectivity index (χ0) is 51.4. The number of carbonyl (C=O) groups is 4. The predicted octanol–water partition coefficient (Wildman–Crippen LogP) is 14.7. The van der Waals surface area contributed by atoms with Gasteiger partial charge in [0.2, 0.25) is 0 Å². The van der Waals surface area contributed by atoms with Crippen LogP contribution in [0.3, 0.4) is 0 Å². The Morgan fingerprint density at radius 2 is 0.667 bits per heavy atom. The molecule has 0 unspecified atom stereocenters. The van der Waals surface area contributed by atoms with Crippen LogP contribution < -0.4 is 21.3 Å². The summed E-state index contributed by atoms with van der Waals surface area (Å²) in [7, 11) is 0. The Morgan fingerprint density at radius 1 is 0.389 bits per heavy atom. The molecule has 72 heavy (non-hydrogen) atoms. The fraction of sp³-hybridized carbons (Fsp3) is 0.381. The Morgan fingerprint density at radius 3 is 0.944 bits per heavy atom. The van der Waals surface area contributed by atoms with Gasteiger partial charge in [0.15, 0.2) is 0 Å². The SMILES string of the molecule is Cc1cc2cc(C)c1NC(=O)c1cc(cc(C(C)(C)C)c1)C(=O)Nc1c(C)cc(cc1C)C1(CCCCC1)c1cc(C)c(c(C)c1)NC(=O)c1cccc(n1)C(=O)Nc1c(C)cc(cc1C)C21CCCCC1. The maximum atomic E-state index is 14.5. The van der Waals surface area contributed by atoms with Gasteiger partial charge < -0.3 is 21.3 Å². The minimum Gasteiger partial charge on any atom is -0.322 e. The third-order valence-electron chi connectivity index (χ3n) is 16.2. The number of nitrogens with one attached hydrogen (secondary N) is 4. The van der Waals surface area contributed by atoms with Crippen molar-refractivity contribution in [3.8, 4) is 0 Å². The Kier molecular flexibility index (Phi) is 13.4. The summed E-state index contributed by atoms with van der Waals surface area (Å²) in [5, 5.41) is 12.9. The van der Waals surface area contributed by atoms with Crippen LogP contribution >= 0.6 is 0 Å². The van der Waals surface area contributed by atoms with Gasteiger partial charge in [-0.25, -0.2) is 4.98 Å². The molecule has 1 aromatic heterocycles. The van der Waals surface area contributed by atoms with Gasteiger partial charge in [0.1, 0.15) is 11.4 Å². The summed E-state index contributed by atoms with van der Waals surface area (Å²) >= 11 is 0. The number of nitrogens with zero attached hydrogens (tertiary/aromatic N) is 1. The third kappa shape index (κ3) is 9.39. The quantitative estimate of drug-likeness (QED) is 0.120. The fourth-order valence-corrected chi connectivity index (χ4v) is 12.3. The van der Waals surface area contributed by atoms with Gasteiger partial charge in [0, 0.05) is 44.7 Å². The highest BCUT2D eigenvalue weighted by Crippen LogP contribution is 2.49. The molecule has 0 saturated heterocycles. The van der Waals surface area contributed by atoms with Crippen LogP contribution in [0.1, 0.15) is 199 Å². The average Bonchev–Trinajstić information content (AvgIpc) is 3.35. The molecule has 2 spiro atoms. The molecule has 11 heterocycles. The number of hydrogen-bond donors (Lipinski definition) is 4. The number of aryl methyl sites for hydroxylation is 8. The predicted molar refractivity (Wildman–Crippen MR) is 293 cm³/mol. The largest absolute Gasteiger partial charge is 0.322 e. The number of anilines is 4. The fourth-order valence-electron chi connectivity index (χ4n) is 12.3. The van der Waals surface area contributed by atoms with Crippen molar-refractivity contribution in [1.82, 2.24) is 4.98 Å². The monoisotopic (exact) mass is 962 g/mol. The molecule has 4 N–H and O–H groups in total. The molecule has 4 amide bonds. The lowest BCUT2D eigenvalue weighted by Crippen LogP contribution is -2.31. The normalized spacial score (nSPS) is 17.0.